The van der Waals surface area contributed by atoms with E-state index in [0.717, 1.165) is 6.42 Å². The molecule has 0 bridgehead atoms. The molecule has 0 saturated heterocycles. The minimum absolute atomic E-state index is 0.186. The summed E-state index contributed by atoms with van der Waals surface area (Å²) in [4.78, 5) is 2.39. The van der Waals surface area contributed by atoms with Crippen molar-refractivity contribution in [3.05, 3.63) is 30.3 Å². The first-order valence-corrected chi connectivity index (χ1v) is 7.06. The molecule has 1 aromatic rings. The van der Waals surface area contributed by atoms with Crippen LogP contribution in [0.5, 0.6) is 0 Å². The first-order valence-electron chi connectivity index (χ1n) is 5.17. The third kappa shape index (κ3) is 4.68. The van der Waals surface area contributed by atoms with E-state index < -0.39 is 10.0 Å². The maximum Gasteiger partial charge on any atom is 0.257 e. The smallest absolute Gasteiger partial charge is 0.257 e. The Morgan fingerprint density at radius 1 is 1.29 bits per heavy atom. The molecule has 1 rings (SSSR count). The molecule has 3 N–H and O–H groups in total. The molecule has 0 heterocycles. The second-order valence-electron chi connectivity index (χ2n) is 3.30. The van der Waals surface area contributed by atoms with Crippen LogP contribution in [0.15, 0.2) is 35.2 Å². The van der Waals surface area contributed by atoms with E-state index in [4.69, 9.17) is 12.2 Å². The Morgan fingerprint density at radius 2 is 1.94 bits per heavy atom. The van der Waals surface area contributed by atoms with Crippen molar-refractivity contribution in [3.8, 4) is 0 Å². The molecule has 0 fully saturated rings. The molecule has 0 spiro atoms. The zero-order valence-corrected chi connectivity index (χ0v) is 11.1. The number of rotatable bonds is 5. The SMILES string of the molecule is CCCNC(=S)NNS(=O)(=O)c1ccccc1. The zero-order valence-electron chi connectivity index (χ0n) is 9.43. The van der Waals surface area contributed by atoms with Crippen LogP contribution in [0.3, 0.4) is 0 Å². The van der Waals surface area contributed by atoms with Gasteiger partial charge in [0.25, 0.3) is 10.0 Å². The normalized spacial score (nSPS) is 10.9. The van der Waals surface area contributed by atoms with Crippen LogP contribution in [0.4, 0.5) is 0 Å². The van der Waals surface area contributed by atoms with Gasteiger partial charge in [0.05, 0.1) is 4.90 Å². The van der Waals surface area contributed by atoms with Gasteiger partial charge >= 0.3 is 0 Å². The van der Waals surface area contributed by atoms with E-state index in [1.807, 2.05) is 6.92 Å². The van der Waals surface area contributed by atoms with Gasteiger partial charge in [-0.2, -0.15) is 0 Å². The van der Waals surface area contributed by atoms with E-state index >= 15 is 0 Å². The lowest BCUT2D eigenvalue weighted by atomic mass is 10.4. The zero-order chi connectivity index (χ0) is 12.7. The van der Waals surface area contributed by atoms with Crippen molar-refractivity contribution in [3.63, 3.8) is 0 Å². The van der Waals surface area contributed by atoms with Crippen LogP contribution in [-0.4, -0.2) is 20.1 Å². The molecule has 0 aromatic heterocycles. The predicted octanol–water partition coefficient (Wildman–Crippen LogP) is 0.754. The largest absolute Gasteiger partial charge is 0.362 e. The highest BCUT2D eigenvalue weighted by atomic mass is 32.2. The highest BCUT2D eigenvalue weighted by molar-refractivity contribution is 7.89. The van der Waals surface area contributed by atoms with Crippen molar-refractivity contribution >= 4 is 27.4 Å². The summed E-state index contributed by atoms with van der Waals surface area (Å²) in [6.07, 6.45) is 0.910. The summed E-state index contributed by atoms with van der Waals surface area (Å²) < 4.78 is 23.5. The Balaban J connectivity index is 2.54. The van der Waals surface area contributed by atoms with Crippen molar-refractivity contribution in [2.45, 2.75) is 18.2 Å². The van der Waals surface area contributed by atoms with Crippen LogP contribution < -0.4 is 15.6 Å². The number of hydrazine groups is 1. The number of thiocarbonyl (C=S) groups is 1. The minimum atomic E-state index is -3.57. The van der Waals surface area contributed by atoms with E-state index in [-0.39, 0.29) is 10.0 Å². The van der Waals surface area contributed by atoms with Crippen molar-refractivity contribution in [2.75, 3.05) is 6.54 Å². The summed E-state index contributed by atoms with van der Waals surface area (Å²) in [7, 11) is -3.57. The standard InChI is InChI=1S/C10H15N3O2S2/c1-2-8-11-10(16)12-13-17(14,15)9-6-4-3-5-7-9/h3-7,13H,2,8H2,1H3,(H2,11,12,16). The summed E-state index contributed by atoms with van der Waals surface area (Å²) in [5.41, 5.74) is 2.44. The lowest BCUT2D eigenvalue weighted by Crippen LogP contribution is -2.46. The first kappa shape index (κ1) is 13.9. The maximum absolute atomic E-state index is 11.7. The fraction of sp³-hybridized carbons (Fsp3) is 0.300. The van der Waals surface area contributed by atoms with Crippen LogP contribution in [0.2, 0.25) is 0 Å². The van der Waals surface area contributed by atoms with Crippen LogP contribution in [0, 0.1) is 0 Å². The molecule has 0 amide bonds. The van der Waals surface area contributed by atoms with Crippen LogP contribution in [0.25, 0.3) is 0 Å². The van der Waals surface area contributed by atoms with Crippen molar-refractivity contribution in [2.24, 2.45) is 0 Å². The average Bonchev–Trinajstić information content (AvgIpc) is 2.35. The van der Waals surface area contributed by atoms with E-state index in [1.54, 1.807) is 18.2 Å². The molecular weight excluding hydrogens is 258 g/mol. The predicted molar refractivity (Wildman–Crippen MR) is 70.8 cm³/mol. The van der Waals surface area contributed by atoms with Gasteiger partial charge < -0.3 is 5.32 Å². The summed E-state index contributed by atoms with van der Waals surface area (Å²) in [6, 6.07) is 8.07. The summed E-state index contributed by atoms with van der Waals surface area (Å²) in [6.45, 7) is 2.68. The van der Waals surface area contributed by atoms with Gasteiger partial charge in [0.1, 0.15) is 0 Å². The number of sulfonamides is 1. The van der Waals surface area contributed by atoms with E-state index in [1.165, 1.54) is 12.1 Å². The second-order valence-corrected chi connectivity index (χ2v) is 5.39. The van der Waals surface area contributed by atoms with Gasteiger partial charge in [-0.3, -0.25) is 5.43 Å². The van der Waals surface area contributed by atoms with Gasteiger partial charge in [-0.15, -0.1) is 4.83 Å². The number of hydrogen-bond acceptors (Lipinski definition) is 3. The third-order valence-electron chi connectivity index (χ3n) is 1.89. The van der Waals surface area contributed by atoms with Gasteiger partial charge in [-0.05, 0) is 30.8 Å². The van der Waals surface area contributed by atoms with Gasteiger partial charge in [-0.25, -0.2) is 8.42 Å². The Morgan fingerprint density at radius 3 is 2.53 bits per heavy atom. The van der Waals surface area contributed by atoms with Gasteiger partial charge in [-0.1, -0.05) is 25.1 Å². The van der Waals surface area contributed by atoms with Crippen LogP contribution in [0.1, 0.15) is 13.3 Å². The van der Waals surface area contributed by atoms with E-state index in [0.29, 0.717) is 6.54 Å². The monoisotopic (exact) mass is 273 g/mol. The lowest BCUT2D eigenvalue weighted by molar-refractivity contribution is 0.576. The molecular formula is C10H15N3O2S2. The topological polar surface area (TPSA) is 70.2 Å². The van der Waals surface area contributed by atoms with Crippen LogP contribution in [-0.2, 0) is 10.0 Å². The first-order chi connectivity index (χ1) is 8.06. The quantitative estimate of drug-likeness (QED) is 0.546. The number of nitrogens with one attached hydrogen (secondary N) is 3. The molecule has 94 valence electrons. The Hall–Kier alpha value is -1.18. The molecule has 17 heavy (non-hydrogen) atoms. The Kier molecular flexibility index (Phi) is 5.33. The Bertz CT molecular complexity index is 460. The molecule has 0 saturated carbocycles. The lowest BCUT2D eigenvalue weighted by Gasteiger charge is -2.11. The van der Waals surface area contributed by atoms with Crippen LogP contribution >= 0.6 is 12.2 Å². The highest BCUT2D eigenvalue weighted by Gasteiger charge is 2.12. The van der Waals surface area contributed by atoms with E-state index in [2.05, 4.69) is 15.6 Å². The van der Waals surface area contributed by atoms with E-state index in [9.17, 15) is 8.42 Å². The molecule has 0 aliphatic rings. The Labute approximate surface area is 107 Å². The van der Waals surface area contributed by atoms with Gasteiger partial charge in [0.2, 0.25) is 0 Å². The van der Waals surface area contributed by atoms with Gasteiger partial charge in [0, 0.05) is 6.54 Å². The average molecular weight is 273 g/mol. The highest BCUT2D eigenvalue weighted by Crippen LogP contribution is 2.05. The molecule has 1 aromatic carbocycles. The molecule has 0 aliphatic carbocycles. The van der Waals surface area contributed by atoms with Crippen molar-refractivity contribution in [1.82, 2.24) is 15.6 Å². The molecule has 0 atom stereocenters. The maximum atomic E-state index is 11.7. The second kappa shape index (κ2) is 6.53. The fourth-order valence-corrected chi connectivity index (χ4v) is 2.14. The fourth-order valence-electron chi connectivity index (χ4n) is 1.05. The third-order valence-corrected chi connectivity index (χ3v) is 3.40. The molecule has 0 aliphatic heterocycles. The minimum Gasteiger partial charge on any atom is -0.362 e. The number of benzene rings is 1. The number of hydrogen-bond donors (Lipinski definition) is 3. The molecule has 0 unspecified atom stereocenters. The van der Waals surface area contributed by atoms with Crippen molar-refractivity contribution in [1.29, 1.82) is 0 Å². The molecule has 0 radical (unpaired) electrons. The van der Waals surface area contributed by atoms with Gasteiger partial charge in [0.15, 0.2) is 5.11 Å². The van der Waals surface area contributed by atoms with Crippen molar-refractivity contribution < 1.29 is 8.42 Å². The molecule has 7 heteroatoms. The molecule has 5 nitrogen and oxygen atoms in total. The summed E-state index contributed by atoms with van der Waals surface area (Å²) in [5.74, 6) is 0. The summed E-state index contributed by atoms with van der Waals surface area (Å²) in [5, 5.41) is 3.11. The summed E-state index contributed by atoms with van der Waals surface area (Å²) >= 11 is 4.89.